The third-order valence-electron chi connectivity index (χ3n) is 4.19. The molecule has 0 aliphatic heterocycles. The molecule has 160 valence electrons. The number of carbonyl (C=O) groups is 1. The fourth-order valence-corrected chi connectivity index (χ4v) is 3.52. The van der Waals surface area contributed by atoms with Crippen LogP contribution in [0.5, 0.6) is 11.6 Å². The molecule has 0 fully saturated rings. The van der Waals surface area contributed by atoms with Crippen molar-refractivity contribution in [2.45, 2.75) is 18.2 Å². The van der Waals surface area contributed by atoms with Gasteiger partial charge >= 0.3 is 10.1 Å². The van der Waals surface area contributed by atoms with Crippen LogP contribution in [-0.4, -0.2) is 32.6 Å². The van der Waals surface area contributed by atoms with Gasteiger partial charge in [0.25, 0.3) is 0 Å². The molecule has 3 rings (SSSR count). The second-order valence-electron chi connectivity index (χ2n) is 6.57. The highest BCUT2D eigenvalue weighted by Crippen LogP contribution is 2.19. The van der Waals surface area contributed by atoms with E-state index < -0.39 is 10.1 Å². The van der Waals surface area contributed by atoms with Crippen LogP contribution in [0.3, 0.4) is 0 Å². The molecule has 9 heteroatoms. The Bertz CT molecular complexity index is 1190. The maximum atomic E-state index is 12.5. The smallest absolute Gasteiger partial charge is 0.340 e. The molecule has 3 aromatic rings. The number of ether oxygens (including phenoxy) is 1. The Morgan fingerprint density at radius 3 is 2.65 bits per heavy atom. The number of carbonyl (C=O) groups excluding carboxylic acids is 1. The van der Waals surface area contributed by atoms with Gasteiger partial charge in [-0.2, -0.15) is 13.5 Å². The summed E-state index contributed by atoms with van der Waals surface area (Å²) in [4.78, 5) is 16.1. The van der Waals surface area contributed by atoms with E-state index in [4.69, 9.17) is 8.92 Å². The van der Waals surface area contributed by atoms with Crippen molar-refractivity contribution in [3.63, 3.8) is 0 Å². The maximum absolute atomic E-state index is 12.5. The molecule has 1 N–H and O–H groups in total. The first kappa shape index (κ1) is 22.0. The lowest BCUT2D eigenvalue weighted by Gasteiger charge is -2.08. The van der Waals surface area contributed by atoms with Crippen LogP contribution in [0.2, 0.25) is 0 Å². The Balaban J connectivity index is 1.68. The molecule has 1 aromatic heterocycles. The predicted octanol–water partition coefficient (Wildman–Crippen LogP) is 2.86. The Kier molecular flexibility index (Phi) is 6.99. The first-order chi connectivity index (χ1) is 14.9. The number of amides is 1. The van der Waals surface area contributed by atoms with Gasteiger partial charge < -0.3 is 8.92 Å². The number of aryl methyl sites for hydroxylation is 1. The molecule has 0 saturated carbocycles. The van der Waals surface area contributed by atoms with Gasteiger partial charge in [0.2, 0.25) is 11.8 Å². The van der Waals surface area contributed by atoms with Crippen LogP contribution in [0.1, 0.15) is 16.7 Å². The largest absolute Gasteiger partial charge is 0.497 e. The molecule has 1 heterocycles. The first-order valence-corrected chi connectivity index (χ1v) is 10.7. The van der Waals surface area contributed by atoms with Crippen LogP contribution >= 0.6 is 0 Å². The average molecular weight is 439 g/mol. The molecule has 0 saturated heterocycles. The van der Waals surface area contributed by atoms with Crippen molar-refractivity contribution in [3.05, 3.63) is 83.6 Å². The minimum absolute atomic E-state index is 0.0123. The van der Waals surface area contributed by atoms with E-state index in [-0.39, 0.29) is 23.1 Å². The molecule has 0 aliphatic rings. The number of nitrogens with zero attached hydrogens (tertiary/aromatic N) is 2. The molecule has 8 nitrogen and oxygen atoms in total. The Labute approximate surface area is 180 Å². The van der Waals surface area contributed by atoms with Crippen molar-refractivity contribution in [3.8, 4) is 11.6 Å². The monoisotopic (exact) mass is 439 g/mol. The van der Waals surface area contributed by atoms with Gasteiger partial charge in [-0.15, -0.1) is 0 Å². The van der Waals surface area contributed by atoms with E-state index in [1.807, 2.05) is 6.92 Å². The number of hydrazone groups is 1. The number of pyridine rings is 1. The van der Waals surface area contributed by atoms with Crippen molar-refractivity contribution in [2.24, 2.45) is 5.10 Å². The number of hydrogen-bond acceptors (Lipinski definition) is 7. The Hall–Kier alpha value is -3.72. The second-order valence-corrected chi connectivity index (χ2v) is 8.12. The number of nitrogens with one attached hydrogen (secondary N) is 1. The third-order valence-corrected chi connectivity index (χ3v) is 5.42. The summed E-state index contributed by atoms with van der Waals surface area (Å²) in [7, 11) is -2.51. The molecule has 1 amide bonds. The zero-order valence-electron chi connectivity index (χ0n) is 17.0. The van der Waals surface area contributed by atoms with Crippen LogP contribution in [0, 0.1) is 6.92 Å². The second kappa shape index (κ2) is 9.86. The van der Waals surface area contributed by atoms with E-state index in [2.05, 4.69) is 15.5 Å². The fourth-order valence-electron chi connectivity index (χ4n) is 2.61. The topological polar surface area (TPSA) is 107 Å². The summed E-state index contributed by atoms with van der Waals surface area (Å²) in [6.07, 6.45) is 2.78. The molecule has 0 unspecified atom stereocenters. The van der Waals surface area contributed by atoms with Crippen molar-refractivity contribution < 1.29 is 22.1 Å². The summed E-state index contributed by atoms with van der Waals surface area (Å²) >= 11 is 0. The lowest BCUT2D eigenvalue weighted by molar-refractivity contribution is -0.120. The fraction of sp³-hybridized carbons (Fsp3) is 0.136. The molecule has 0 aliphatic carbocycles. The lowest BCUT2D eigenvalue weighted by atomic mass is 10.1. The van der Waals surface area contributed by atoms with Gasteiger partial charge in [0, 0.05) is 6.20 Å². The highest BCUT2D eigenvalue weighted by Gasteiger charge is 2.19. The van der Waals surface area contributed by atoms with Gasteiger partial charge in [-0.25, -0.2) is 10.4 Å². The van der Waals surface area contributed by atoms with Crippen LogP contribution in [0.25, 0.3) is 0 Å². The van der Waals surface area contributed by atoms with Gasteiger partial charge in [-0.05, 0) is 48.9 Å². The Morgan fingerprint density at radius 2 is 1.90 bits per heavy atom. The number of rotatable bonds is 8. The lowest BCUT2D eigenvalue weighted by Crippen LogP contribution is -2.20. The third kappa shape index (κ3) is 6.13. The number of hydrogen-bond donors (Lipinski definition) is 1. The highest BCUT2D eigenvalue weighted by atomic mass is 32.2. The minimum Gasteiger partial charge on any atom is -0.497 e. The number of aromatic nitrogens is 1. The van der Waals surface area contributed by atoms with Crippen LogP contribution in [0.15, 0.2) is 76.9 Å². The van der Waals surface area contributed by atoms with Gasteiger partial charge in [0.1, 0.15) is 10.6 Å². The van der Waals surface area contributed by atoms with Crippen molar-refractivity contribution in [1.29, 1.82) is 0 Å². The average Bonchev–Trinajstić information content (AvgIpc) is 2.75. The summed E-state index contributed by atoms with van der Waals surface area (Å²) in [6, 6.07) is 16.6. The quantitative estimate of drug-likeness (QED) is 0.329. The Morgan fingerprint density at radius 1 is 1.13 bits per heavy atom. The van der Waals surface area contributed by atoms with E-state index in [0.29, 0.717) is 11.3 Å². The first-order valence-electron chi connectivity index (χ1n) is 9.28. The van der Waals surface area contributed by atoms with Crippen LogP contribution in [0.4, 0.5) is 0 Å². The highest BCUT2D eigenvalue weighted by molar-refractivity contribution is 7.87. The predicted molar refractivity (Wildman–Crippen MR) is 116 cm³/mol. The molecule has 31 heavy (non-hydrogen) atoms. The van der Waals surface area contributed by atoms with E-state index in [9.17, 15) is 13.2 Å². The van der Waals surface area contributed by atoms with E-state index in [0.717, 1.165) is 11.1 Å². The van der Waals surface area contributed by atoms with Crippen molar-refractivity contribution >= 4 is 22.2 Å². The van der Waals surface area contributed by atoms with Crippen molar-refractivity contribution in [2.75, 3.05) is 7.11 Å². The van der Waals surface area contributed by atoms with Crippen molar-refractivity contribution in [1.82, 2.24) is 10.4 Å². The molecule has 0 atom stereocenters. The number of methoxy groups -OCH3 is 1. The van der Waals surface area contributed by atoms with E-state index in [1.54, 1.807) is 55.6 Å². The van der Waals surface area contributed by atoms with E-state index in [1.165, 1.54) is 24.5 Å². The molecule has 0 bridgehead atoms. The zero-order valence-corrected chi connectivity index (χ0v) is 17.8. The summed E-state index contributed by atoms with van der Waals surface area (Å²) in [6.45, 7) is 1.85. The summed E-state index contributed by atoms with van der Waals surface area (Å²) in [5, 5.41) is 3.88. The maximum Gasteiger partial charge on any atom is 0.340 e. The molecular formula is C22H21N3O5S. The molecule has 2 aromatic carbocycles. The number of benzene rings is 2. The van der Waals surface area contributed by atoms with Gasteiger partial charge in [-0.3, -0.25) is 4.79 Å². The molecule has 0 spiro atoms. The van der Waals surface area contributed by atoms with Crippen LogP contribution in [-0.2, 0) is 21.3 Å². The SMILES string of the molecule is COc1cccc(CC(=O)NN=Cc2cccnc2OS(=O)(=O)c2ccc(C)cc2)c1. The molecule has 0 radical (unpaired) electrons. The molecular weight excluding hydrogens is 418 g/mol. The van der Waals surface area contributed by atoms with E-state index >= 15 is 0 Å². The summed E-state index contributed by atoms with van der Waals surface area (Å²) < 4.78 is 35.3. The normalized spacial score (nSPS) is 11.3. The van der Waals surface area contributed by atoms with Gasteiger partial charge in [-0.1, -0.05) is 29.8 Å². The minimum atomic E-state index is -4.06. The zero-order chi connectivity index (χ0) is 22.3. The van der Waals surface area contributed by atoms with Gasteiger partial charge in [0.15, 0.2) is 0 Å². The summed E-state index contributed by atoms with van der Waals surface area (Å²) in [5.41, 5.74) is 4.38. The standard InChI is InChI=1S/C22H21N3O5S/c1-16-8-10-20(11-9-16)31(27,28)30-22-18(6-4-12-23-22)15-24-25-21(26)14-17-5-3-7-19(13-17)29-2/h3-13,15H,14H2,1-2H3,(H,25,26). The van der Waals surface area contributed by atoms with Gasteiger partial charge in [0.05, 0.1) is 25.3 Å². The van der Waals surface area contributed by atoms with Crippen LogP contribution < -0.4 is 14.3 Å². The summed E-state index contributed by atoms with van der Waals surface area (Å²) in [5.74, 6) is 0.165.